The fraction of sp³-hybridized carbons (Fsp3) is 0.241. The third kappa shape index (κ3) is 6.76. The first-order chi connectivity index (χ1) is 18.2. The molecule has 1 amide bonds. The number of nitrogens with zero attached hydrogens (tertiary/aromatic N) is 3. The van der Waals surface area contributed by atoms with E-state index in [4.69, 9.17) is 4.74 Å². The minimum absolute atomic E-state index is 0.244. The molecule has 1 atom stereocenters. The zero-order valence-electron chi connectivity index (χ0n) is 22.5. The Morgan fingerprint density at radius 2 is 1.32 bits per heavy atom. The molecule has 4 aromatic rings. The number of nitrogens with one attached hydrogen (secondary N) is 4. The zero-order valence-corrected chi connectivity index (χ0v) is 22.5. The molecule has 0 aliphatic heterocycles. The van der Waals surface area contributed by atoms with Crippen LogP contribution in [0.3, 0.4) is 0 Å². The second-order valence-corrected chi connectivity index (χ2v) is 9.28. The van der Waals surface area contributed by atoms with E-state index in [9.17, 15) is 4.79 Å². The fourth-order valence-electron chi connectivity index (χ4n) is 3.91. The van der Waals surface area contributed by atoms with Crippen LogP contribution in [0.15, 0.2) is 60.7 Å². The lowest BCUT2D eigenvalue weighted by Crippen LogP contribution is -2.32. The number of amides is 1. The van der Waals surface area contributed by atoms with Gasteiger partial charge in [0.2, 0.25) is 23.8 Å². The summed E-state index contributed by atoms with van der Waals surface area (Å²) in [7, 11) is 1.58. The van der Waals surface area contributed by atoms with Crippen molar-refractivity contribution >= 4 is 40.8 Å². The van der Waals surface area contributed by atoms with Gasteiger partial charge in [0.25, 0.3) is 0 Å². The Bertz CT molecular complexity index is 1380. The van der Waals surface area contributed by atoms with Crippen molar-refractivity contribution in [1.29, 1.82) is 0 Å². The molecular weight excluding hydrogens is 478 g/mol. The van der Waals surface area contributed by atoms with Crippen LogP contribution in [0.25, 0.3) is 0 Å². The summed E-state index contributed by atoms with van der Waals surface area (Å²) in [5.74, 6) is 1.37. The largest absolute Gasteiger partial charge is 0.497 e. The van der Waals surface area contributed by atoms with Gasteiger partial charge in [-0.2, -0.15) is 15.0 Å². The van der Waals surface area contributed by atoms with E-state index in [1.165, 1.54) is 11.1 Å². The predicted octanol–water partition coefficient (Wildman–Crippen LogP) is 6.04. The molecule has 0 fully saturated rings. The molecule has 0 aliphatic rings. The van der Waals surface area contributed by atoms with Gasteiger partial charge in [0.15, 0.2) is 0 Å². The van der Waals surface area contributed by atoms with Crippen LogP contribution in [-0.2, 0) is 4.79 Å². The number of carbonyl (C=O) groups excluding carboxylic acids is 1. The van der Waals surface area contributed by atoms with E-state index in [2.05, 4.69) is 48.4 Å². The molecule has 0 radical (unpaired) electrons. The summed E-state index contributed by atoms with van der Waals surface area (Å²) in [5, 5.41) is 12.6. The van der Waals surface area contributed by atoms with Crippen molar-refractivity contribution in [3.63, 3.8) is 0 Å². The lowest BCUT2D eigenvalue weighted by Gasteiger charge is -2.17. The number of hydrogen-bond acceptors (Lipinski definition) is 8. The van der Waals surface area contributed by atoms with Gasteiger partial charge in [0.05, 0.1) is 7.11 Å². The van der Waals surface area contributed by atoms with Gasteiger partial charge in [0, 0.05) is 23.1 Å². The number of benzene rings is 3. The van der Waals surface area contributed by atoms with E-state index in [-0.39, 0.29) is 11.9 Å². The highest BCUT2D eigenvalue weighted by atomic mass is 16.5. The Hall–Kier alpha value is -4.66. The number of hydrogen-bond donors (Lipinski definition) is 4. The van der Waals surface area contributed by atoms with Gasteiger partial charge < -0.3 is 26.0 Å². The summed E-state index contributed by atoms with van der Waals surface area (Å²) in [6, 6.07) is 18.7. The Balaban J connectivity index is 1.59. The van der Waals surface area contributed by atoms with Crippen molar-refractivity contribution in [2.45, 2.75) is 40.7 Å². The van der Waals surface area contributed by atoms with Gasteiger partial charge in [0.1, 0.15) is 11.8 Å². The molecule has 4 rings (SSSR count). The number of aryl methyl sites for hydroxylation is 4. The zero-order chi connectivity index (χ0) is 27.2. The van der Waals surface area contributed by atoms with Gasteiger partial charge >= 0.3 is 0 Å². The average Bonchev–Trinajstić information content (AvgIpc) is 2.87. The Morgan fingerprint density at radius 1 is 0.763 bits per heavy atom. The summed E-state index contributed by atoms with van der Waals surface area (Å²) in [6.07, 6.45) is 0. The van der Waals surface area contributed by atoms with Gasteiger partial charge in [-0.15, -0.1) is 0 Å². The summed E-state index contributed by atoms with van der Waals surface area (Å²) in [4.78, 5) is 26.6. The molecule has 9 nitrogen and oxygen atoms in total. The number of methoxy groups -OCH3 is 1. The topological polar surface area (TPSA) is 113 Å². The molecule has 1 aromatic heterocycles. The average molecular weight is 512 g/mol. The monoisotopic (exact) mass is 511 g/mol. The summed E-state index contributed by atoms with van der Waals surface area (Å²) in [5.41, 5.74) is 6.86. The maximum Gasteiger partial charge on any atom is 0.246 e. The third-order valence-corrected chi connectivity index (χ3v) is 5.97. The van der Waals surface area contributed by atoms with E-state index in [1.54, 1.807) is 26.2 Å². The van der Waals surface area contributed by atoms with Crippen molar-refractivity contribution in [3.8, 4) is 5.75 Å². The van der Waals surface area contributed by atoms with Crippen molar-refractivity contribution < 1.29 is 9.53 Å². The van der Waals surface area contributed by atoms with Gasteiger partial charge in [-0.05, 0) is 70.0 Å². The van der Waals surface area contributed by atoms with E-state index in [0.717, 1.165) is 22.5 Å². The number of rotatable bonds is 9. The quantitative estimate of drug-likeness (QED) is 0.215. The normalized spacial score (nSPS) is 11.4. The molecule has 0 aliphatic carbocycles. The van der Waals surface area contributed by atoms with Crippen LogP contribution in [0, 0.1) is 27.7 Å². The highest BCUT2D eigenvalue weighted by Gasteiger charge is 2.17. The van der Waals surface area contributed by atoms with Crippen LogP contribution >= 0.6 is 0 Å². The molecule has 4 N–H and O–H groups in total. The van der Waals surface area contributed by atoms with E-state index < -0.39 is 6.04 Å². The van der Waals surface area contributed by atoms with Crippen LogP contribution in [0.4, 0.5) is 34.9 Å². The maximum absolute atomic E-state index is 12.9. The van der Waals surface area contributed by atoms with E-state index in [1.807, 2.05) is 64.1 Å². The van der Waals surface area contributed by atoms with Crippen LogP contribution in [0.5, 0.6) is 5.75 Å². The smallest absolute Gasteiger partial charge is 0.246 e. The first kappa shape index (κ1) is 26.4. The molecular formula is C29H33N7O2. The fourth-order valence-corrected chi connectivity index (χ4v) is 3.91. The van der Waals surface area contributed by atoms with E-state index in [0.29, 0.717) is 23.3 Å². The lowest BCUT2D eigenvalue weighted by molar-refractivity contribution is -0.116. The Morgan fingerprint density at radius 3 is 1.84 bits per heavy atom. The van der Waals surface area contributed by atoms with Crippen LogP contribution < -0.4 is 26.0 Å². The van der Waals surface area contributed by atoms with E-state index >= 15 is 0 Å². The van der Waals surface area contributed by atoms with Crippen molar-refractivity contribution in [1.82, 2.24) is 15.0 Å². The highest BCUT2D eigenvalue weighted by molar-refractivity contribution is 5.96. The minimum Gasteiger partial charge on any atom is -0.497 e. The molecule has 1 heterocycles. The molecule has 3 aromatic carbocycles. The number of ether oxygens (including phenoxy) is 1. The van der Waals surface area contributed by atoms with Crippen molar-refractivity contribution in [3.05, 3.63) is 82.9 Å². The van der Waals surface area contributed by atoms with Crippen LogP contribution in [0.1, 0.15) is 29.2 Å². The number of anilines is 6. The molecule has 0 saturated heterocycles. The number of carbonyl (C=O) groups is 1. The van der Waals surface area contributed by atoms with Crippen molar-refractivity contribution in [2.24, 2.45) is 0 Å². The molecule has 0 saturated carbocycles. The molecule has 196 valence electrons. The van der Waals surface area contributed by atoms with Gasteiger partial charge in [-0.1, -0.05) is 41.5 Å². The second-order valence-electron chi connectivity index (χ2n) is 9.28. The first-order valence-corrected chi connectivity index (χ1v) is 12.4. The standard InChI is InChI=1S/C29H33N7O2/c1-17-10-12-24(19(3)14-17)32-28-34-27(35-29(36-28)33-25-13-11-18(2)15-20(25)4)30-21(5)26(37)31-22-8-7-9-23(16-22)38-6/h7-16,21H,1-6H3,(H,31,37)(H3,30,32,33,34,35,36)/t21-/m1/s1. The SMILES string of the molecule is COc1cccc(NC(=O)[C@@H](C)Nc2nc(Nc3ccc(C)cc3C)nc(Nc3ccc(C)cc3C)n2)c1. The molecule has 0 bridgehead atoms. The number of aromatic nitrogens is 3. The van der Waals surface area contributed by atoms with Crippen LogP contribution in [-0.4, -0.2) is 34.0 Å². The second kappa shape index (κ2) is 11.6. The van der Waals surface area contributed by atoms with Crippen molar-refractivity contribution in [2.75, 3.05) is 28.4 Å². The molecule has 0 spiro atoms. The minimum atomic E-state index is -0.633. The Labute approximate surface area is 223 Å². The Kier molecular flexibility index (Phi) is 8.06. The maximum atomic E-state index is 12.9. The summed E-state index contributed by atoms with van der Waals surface area (Å²) < 4.78 is 5.24. The highest BCUT2D eigenvalue weighted by Crippen LogP contribution is 2.24. The predicted molar refractivity (Wildman–Crippen MR) is 153 cm³/mol. The third-order valence-electron chi connectivity index (χ3n) is 5.97. The van der Waals surface area contributed by atoms with Gasteiger partial charge in [-0.25, -0.2) is 0 Å². The molecule has 38 heavy (non-hydrogen) atoms. The lowest BCUT2D eigenvalue weighted by atomic mass is 10.1. The molecule has 9 heteroatoms. The summed E-state index contributed by atoms with van der Waals surface area (Å²) >= 11 is 0. The molecule has 0 unspecified atom stereocenters. The summed E-state index contributed by atoms with van der Waals surface area (Å²) in [6.45, 7) is 9.88. The van der Waals surface area contributed by atoms with Gasteiger partial charge in [-0.3, -0.25) is 4.79 Å². The van der Waals surface area contributed by atoms with Crippen LogP contribution in [0.2, 0.25) is 0 Å². The first-order valence-electron chi connectivity index (χ1n) is 12.4.